The molecule has 2 nitrogen and oxygen atoms in total. The largest absolute Gasteiger partial charge is 0.390 e. The molecule has 2 fully saturated rings. The minimum absolute atomic E-state index is 0.304. The van der Waals surface area contributed by atoms with E-state index in [4.69, 9.17) is 0 Å². The zero-order valence-electron chi connectivity index (χ0n) is 13.7. The van der Waals surface area contributed by atoms with Crippen molar-refractivity contribution in [2.24, 2.45) is 5.92 Å². The molecule has 0 radical (unpaired) electrons. The van der Waals surface area contributed by atoms with Crippen LogP contribution in [0.15, 0.2) is 0 Å². The SMILES string of the molecule is OC12CCCCC1CN(CCCCCCCCCS)CC2. The normalized spacial score (nSPS) is 30.3. The molecule has 21 heavy (non-hydrogen) atoms. The van der Waals surface area contributed by atoms with Crippen LogP contribution >= 0.6 is 12.6 Å². The highest BCUT2D eigenvalue weighted by Crippen LogP contribution is 2.39. The Hall–Kier alpha value is 0.270. The van der Waals surface area contributed by atoms with Crippen molar-refractivity contribution in [2.75, 3.05) is 25.4 Å². The fourth-order valence-electron chi connectivity index (χ4n) is 4.17. The van der Waals surface area contributed by atoms with Gasteiger partial charge in [-0.1, -0.05) is 44.9 Å². The van der Waals surface area contributed by atoms with Crippen molar-refractivity contribution >= 4 is 12.6 Å². The number of likely N-dealkylation sites (tertiary alicyclic amines) is 1. The summed E-state index contributed by atoms with van der Waals surface area (Å²) in [6.45, 7) is 3.52. The fraction of sp³-hybridized carbons (Fsp3) is 1.00. The van der Waals surface area contributed by atoms with Crippen LogP contribution in [0.3, 0.4) is 0 Å². The smallest absolute Gasteiger partial charge is 0.0700 e. The van der Waals surface area contributed by atoms with E-state index < -0.39 is 0 Å². The third-order valence-corrected chi connectivity index (χ3v) is 5.96. The maximum absolute atomic E-state index is 10.7. The van der Waals surface area contributed by atoms with Gasteiger partial charge in [-0.2, -0.15) is 12.6 Å². The quantitative estimate of drug-likeness (QED) is 0.490. The number of aliphatic hydroxyl groups is 1. The second kappa shape index (κ2) is 9.42. The first kappa shape index (κ1) is 17.6. The van der Waals surface area contributed by atoms with Gasteiger partial charge in [0.05, 0.1) is 5.60 Å². The number of nitrogens with zero attached hydrogens (tertiary/aromatic N) is 1. The summed E-state index contributed by atoms with van der Waals surface area (Å²) in [5.74, 6) is 1.60. The molecule has 1 aliphatic carbocycles. The maximum Gasteiger partial charge on any atom is 0.0700 e. The summed E-state index contributed by atoms with van der Waals surface area (Å²) in [6.07, 6.45) is 15.4. The van der Waals surface area contributed by atoms with Crippen LogP contribution in [0.2, 0.25) is 0 Å². The third kappa shape index (κ3) is 5.76. The van der Waals surface area contributed by atoms with Crippen LogP contribution in [0.5, 0.6) is 0 Å². The highest BCUT2D eigenvalue weighted by Gasteiger charge is 2.42. The van der Waals surface area contributed by atoms with Gasteiger partial charge in [0.1, 0.15) is 0 Å². The molecule has 2 rings (SSSR count). The summed E-state index contributed by atoms with van der Waals surface area (Å²) in [4.78, 5) is 2.62. The molecule has 3 heteroatoms. The van der Waals surface area contributed by atoms with Gasteiger partial charge in [0.15, 0.2) is 0 Å². The number of hydrogen-bond donors (Lipinski definition) is 2. The molecule has 2 atom stereocenters. The van der Waals surface area contributed by atoms with Crippen molar-refractivity contribution in [3.05, 3.63) is 0 Å². The molecule has 0 aromatic rings. The van der Waals surface area contributed by atoms with Crippen molar-refractivity contribution in [1.29, 1.82) is 0 Å². The van der Waals surface area contributed by atoms with E-state index in [2.05, 4.69) is 17.5 Å². The standard InChI is InChI=1S/C18H35NOS/c20-18-11-7-6-10-17(18)16-19(14-12-18)13-8-4-2-1-3-5-9-15-21/h17,20-21H,1-16H2. The van der Waals surface area contributed by atoms with Gasteiger partial charge in [-0.05, 0) is 44.4 Å². The number of piperidine rings is 1. The minimum atomic E-state index is -0.304. The molecule has 2 unspecified atom stereocenters. The van der Waals surface area contributed by atoms with E-state index in [0.29, 0.717) is 5.92 Å². The predicted octanol–water partition coefficient (Wildman–Crippen LogP) is 4.27. The summed E-state index contributed by atoms with van der Waals surface area (Å²) in [5.41, 5.74) is -0.304. The zero-order valence-corrected chi connectivity index (χ0v) is 14.6. The molecule has 0 amide bonds. The first-order valence-electron chi connectivity index (χ1n) is 9.30. The van der Waals surface area contributed by atoms with E-state index in [1.165, 1.54) is 70.8 Å². The van der Waals surface area contributed by atoms with Gasteiger partial charge in [0.25, 0.3) is 0 Å². The highest BCUT2D eigenvalue weighted by atomic mass is 32.1. The van der Waals surface area contributed by atoms with Gasteiger partial charge in [-0.25, -0.2) is 0 Å². The van der Waals surface area contributed by atoms with Crippen molar-refractivity contribution < 1.29 is 5.11 Å². The fourth-order valence-corrected chi connectivity index (χ4v) is 4.40. The summed E-state index contributed by atoms with van der Waals surface area (Å²) < 4.78 is 0. The van der Waals surface area contributed by atoms with Gasteiger partial charge in [-0.3, -0.25) is 0 Å². The number of thiol groups is 1. The van der Waals surface area contributed by atoms with E-state index >= 15 is 0 Å². The minimum Gasteiger partial charge on any atom is -0.390 e. The molecule has 1 aliphatic heterocycles. The van der Waals surface area contributed by atoms with E-state index in [1.807, 2.05) is 0 Å². The molecule has 124 valence electrons. The lowest BCUT2D eigenvalue weighted by atomic mass is 9.71. The lowest BCUT2D eigenvalue weighted by molar-refractivity contribution is -0.0953. The van der Waals surface area contributed by atoms with Crippen molar-refractivity contribution in [2.45, 2.75) is 82.7 Å². The average Bonchev–Trinajstić information content (AvgIpc) is 2.50. The second-order valence-electron chi connectivity index (χ2n) is 7.30. The Morgan fingerprint density at radius 3 is 2.43 bits per heavy atom. The number of fused-ring (bicyclic) bond motifs is 1. The highest BCUT2D eigenvalue weighted by molar-refractivity contribution is 7.80. The number of rotatable bonds is 9. The summed E-state index contributed by atoms with van der Waals surface area (Å²) in [6, 6.07) is 0. The molecule has 0 aromatic heterocycles. The van der Waals surface area contributed by atoms with E-state index in [9.17, 15) is 5.11 Å². The van der Waals surface area contributed by atoms with Crippen LogP contribution in [0, 0.1) is 5.92 Å². The molecule has 1 heterocycles. The van der Waals surface area contributed by atoms with Crippen LogP contribution in [0.1, 0.15) is 77.0 Å². The summed E-state index contributed by atoms with van der Waals surface area (Å²) in [5, 5.41) is 10.7. The van der Waals surface area contributed by atoms with Crippen LogP contribution < -0.4 is 0 Å². The Kier molecular flexibility index (Phi) is 7.90. The average molecular weight is 314 g/mol. The van der Waals surface area contributed by atoms with Crippen LogP contribution in [0.4, 0.5) is 0 Å². The maximum atomic E-state index is 10.7. The van der Waals surface area contributed by atoms with Crippen LogP contribution in [-0.2, 0) is 0 Å². The molecular formula is C18H35NOS. The van der Waals surface area contributed by atoms with Crippen molar-refractivity contribution in [1.82, 2.24) is 4.90 Å². The molecule has 0 bridgehead atoms. The van der Waals surface area contributed by atoms with E-state index in [1.54, 1.807) is 0 Å². The summed E-state index contributed by atoms with van der Waals surface area (Å²) >= 11 is 4.25. The van der Waals surface area contributed by atoms with Crippen molar-refractivity contribution in [3.8, 4) is 0 Å². The molecule has 1 saturated heterocycles. The molecule has 0 spiro atoms. The van der Waals surface area contributed by atoms with E-state index in [-0.39, 0.29) is 5.60 Å². The Morgan fingerprint density at radius 2 is 1.67 bits per heavy atom. The Morgan fingerprint density at radius 1 is 0.952 bits per heavy atom. The first-order chi connectivity index (χ1) is 10.2. The van der Waals surface area contributed by atoms with Crippen LogP contribution in [-0.4, -0.2) is 41.0 Å². The van der Waals surface area contributed by atoms with Gasteiger partial charge in [0, 0.05) is 19.0 Å². The topological polar surface area (TPSA) is 23.5 Å². The summed E-state index contributed by atoms with van der Waals surface area (Å²) in [7, 11) is 0. The lowest BCUT2D eigenvalue weighted by Crippen LogP contribution is -2.53. The van der Waals surface area contributed by atoms with Gasteiger partial charge in [-0.15, -0.1) is 0 Å². The molecule has 1 N–H and O–H groups in total. The van der Waals surface area contributed by atoms with Gasteiger partial charge < -0.3 is 10.0 Å². The third-order valence-electron chi connectivity index (χ3n) is 5.64. The van der Waals surface area contributed by atoms with Gasteiger partial charge in [0.2, 0.25) is 0 Å². The Bertz CT molecular complexity index is 286. The monoisotopic (exact) mass is 313 g/mol. The Labute approximate surface area is 137 Å². The van der Waals surface area contributed by atoms with Crippen LogP contribution in [0.25, 0.3) is 0 Å². The molecular weight excluding hydrogens is 278 g/mol. The van der Waals surface area contributed by atoms with Crippen molar-refractivity contribution in [3.63, 3.8) is 0 Å². The molecule has 0 aromatic carbocycles. The van der Waals surface area contributed by atoms with Gasteiger partial charge >= 0.3 is 0 Å². The molecule has 1 saturated carbocycles. The predicted molar refractivity (Wildman–Crippen MR) is 94.1 cm³/mol. The zero-order chi connectivity index (χ0) is 15.0. The number of hydrogen-bond acceptors (Lipinski definition) is 3. The lowest BCUT2D eigenvalue weighted by Gasteiger charge is -2.47. The second-order valence-corrected chi connectivity index (χ2v) is 7.74. The Balaban J connectivity index is 1.52. The molecule has 2 aliphatic rings. The number of unbranched alkanes of at least 4 members (excludes halogenated alkanes) is 6. The van der Waals surface area contributed by atoms with E-state index in [0.717, 1.165) is 31.7 Å². The first-order valence-corrected chi connectivity index (χ1v) is 9.93.